The van der Waals surface area contributed by atoms with Gasteiger partial charge in [-0.25, -0.2) is 9.37 Å². The minimum atomic E-state index is -0.465. The van der Waals surface area contributed by atoms with Crippen molar-refractivity contribution in [2.24, 2.45) is 0 Å². The molecule has 1 saturated heterocycles. The molecule has 3 heterocycles. The number of amides is 1. The highest BCUT2D eigenvalue weighted by Crippen LogP contribution is 2.36. The van der Waals surface area contributed by atoms with E-state index in [0.717, 1.165) is 36.9 Å². The number of aromatic nitrogens is 3. The third kappa shape index (κ3) is 4.86. The first kappa shape index (κ1) is 24.7. The van der Waals surface area contributed by atoms with Gasteiger partial charge in [-0.2, -0.15) is 5.10 Å². The van der Waals surface area contributed by atoms with Crippen LogP contribution in [0.4, 0.5) is 10.1 Å². The Hall–Kier alpha value is -3.98. The van der Waals surface area contributed by atoms with Gasteiger partial charge >= 0.3 is 0 Å². The minimum absolute atomic E-state index is 0.0696. The highest BCUT2D eigenvalue weighted by Gasteiger charge is 2.24. The zero-order valence-electron chi connectivity index (χ0n) is 21.5. The van der Waals surface area contributed by atoms with E-state index >= 15 is 4.39 Å². The Bertz CT molecular complexity index is 1450. The number of ether oxygens (including phenoxy) is 1. The Morgan fingerprint density at radius 3 is 2.78 bits per heavy atom. The van der Waals surface area contributed by atoms with Gasteiger partial charge in [0.05, 0.1) is 18.4 Å². The molecule has 1 unspecified atom stereocenters. The van der Waals surface area contributed by atoms with Gasteiger partial charge < -0.3 is 19.9 Å². The number of anilines is 1. The van der Waals surface area contributed by atoms with Crippen molar-refractivity contribution in [3.05, 3.63) is 60.0 Å². The number of likely N-dealkylation sites (tertiary alicyclic amines) is 1. The van der Waals surface area contributed by atoms with Crippen LogP contribution in [-0.4, -0.2) is 78.3 Å². The molecule has 1 fully saturated rings. The number of para-hydroxylation sites is 1. The molecule has 1 amide bonds. The third-order valence-corrected chi connectivity index (χ3v) is 6.81. The fraction of sp³-hybridized carbons (Fsp3) is 0.321. The third-order valence-electron chi connectivity index (χ3n) is 6.81. The number of piperidine rings is 1. The van der Waals surface area contributed by atoms with Crippen molar-refractivity contribution < 1.29 is 13.9 Å². The number of rotatable bonds is 6. The first-order chi connectivity index (χ1) is 17.9. The van der Waals surface area contributed by atoms with Gasteiger partial charge in [0.2, 0.25) is 0 Å². The number of nitrogens with one attached hydrogen (secondary N) is 2. The summed E-state index contributed by atoms with van der Waals surface area (Å²) in [5.74, 6) is -0.0392. The van der Waals surface area contributed by atoms with Crippen LogP contribution in [-0.2, 0) is 0 Å². The van der Waals surface area contributed by atoms with Crippen LogP contribution in [0.15, 0.2) is 48.7 Å². The van der Waals surface area contributed by atoms with Crippen LogP contribution in [0, 0.1) is 5.82 Å². The Morgan fingerprint density at radius 2 is 2.03 bits per heavy atom. The highest BCUT2D eigenvalue weighted by molar-refractivity contribution is 6.01. The van der Waals surface area contributed by atoms with E-state index in [0.29, 0.717) is 33.8 Å². The van der Waals surface area contributed by atoms with Gasteiger partial charge in [0.1, 0.15) is 17.3 Å². The summed E-state index contributed by atoms with van der Waals surface area (Å²) in [5.41, 5.74) is 3.90. The lowest BCUT2D eigenvalue weighted by Gasteiger charge is -2.31. The van der Waals surface area contributed by atoms with E-state index in [4.69, 9.17) is 4.74 Å². The molecular weight excluding hydrogens is 471 g/mol. The van der Waals surface area contributed by atoms with Crippen molar-refractivity contribution in [3.8, 4) is 28.1 Å². The van der Waals surface area contributed by atoms with Crippen LogP contribution in [0.5, 0.6) is 5.75 Å². The quantitative estimate of drug-likeness (QED) is 0.399. The molecule has 2 aromatic carbocycles. The van der Waals surface area contributed by atoms with Gasteiger partial charge in [-0.1, -0.05) is 12.1 Å². The SMILES string of the molecule is COc1ccccc1-c1n[nH]c2ncc(-c3cc(F)c(NC4CCCN(C)C4)c(C(=O)N(C)C)c3)cc12. The van der Waals surface area contributed by atoms with Gasteiger partial charge in [-0.15, -0.1) is 0 Å². The standard InChI is InChI=1S/C28H31FN6O2/c1-34(2)28(36)22-12-17(14-23(29)26(22)31-19-8-7-11-35(3)16-19)18-13-21-25(32-33-27(21)30-15-18)20-9-5-6-10-24(20)37-4/h5-6,9-10,12-15,19,31H,7-8,11,16H2,1-4H3,(H,30,32,33). The lowest BCUT2D eigenvalue weighted by atomic mass is 9.98. The molecule has 37 heavy (non-hydrogen) atoms. The van der Waals surface area contributed by atoms with Crippen LogP contribution >= 0.6 is 0 Å². The molecule has 9 heteroatoms. The molecule has 1 atom stereocenters. The highest BCUT2D eigenvalue weighted by atomic mass is 19.1. The van der Waals surface area contributed by atoms with Gasteiger partial charge in [0, 0.05) is 49.4 Å². The first-order valence-corrected chi connectivity index (χ1v) is 12.3. The molecule has 0 radical (unpaired) electrons. The Morgan fingerprint density at radius 1 is 1.22 bits per heavy atom. The number of benzene rings is 2. The zero-order chi connectivity index (χ0) is 26.1. The molecule has 2 N–H and O–H groups in total. The van der Waals surface area contributed by atoms with Crippen LogP contribution in [0.1, 0.15) is 23.2 Å². The smallest absolute Gasteiger partial charge is 0.255 e. The van der Waals surface area contributed by atoms with Crippen LogP contribution in [0.3, 0.4) is 0 Å². The number of fused-ring (bicyclic) bond motifs is 1. The number of aromatic amines is 1. The summed E-state index contributed by atoms with van der Waals surface area (Å²) in [6.07, 6.45) is 3.61. The molecule has 1 aliphatic heterocycles. The fourth-order valence-electron chi connectivity index (χ4n) is 4.92. The van der Waals surface area contributed by atoms with Crippen molar-refractivity contribution in [1.29, 1.82) is 0 Å². The predicted molar refractivity (Wildman–Crippen MR) is 143 cm³/mol. The number of pyridine rings is 1. The lowest BCUT2D eigenvalue weighted by Crippen LogP contribution is -2.40. The molecule has 0 spiro atoms. The average molecular weight is 503 g/mol. The monoisotopic (exact) mass is 502 g/mol. The number of halogens is 1. The number of carbonyl (C=O) groups excluding carboxylic acids is 1. The van der Waals surface area contributed by atoms with E-state index < -0.39 is 5.82 Å². The molecule has 0 saturated carbocycles. The Balaban J connectivity index is 1.59. The maximum atomic E-state index is 15.7. The van der Waals surface area contributed by atoms with E-state index in [1.165, 1.54) is 11.0 Å². The van der Waals surface area contributed by atoms with Gasteiger partial charge in [0.25, 0.3) is 5.91 Å². The van der Waals surface area contributed by atoms with E-state index in [9.17, 15) is 4.79 Å². The molecule has 4 aromatic rings. The predicted octanol–water partition coefficient (Wildman–Crippen LogP) is 4.65. The van der Waals surface area contributed by atoms with E-state index in [1.807, 2.05) is 30.3 Å². The Labute approximate surface area is 215 Å². The van der Waals surface area contributed by atoms with Gasteiger partial charge in [0.15, 0.2) is 5.65 Å². The maximum absolute atomic E-state index is 15.7. The number of methoxy groups -OCH3 is 1. The molecule has 5 rings (SSSR count). The lowest BCUT2D eigenvalue weighted by molar-refractivity contribution is 0.0828. The van der Waals surface area contributed by atoms with Crippen molar-refractivity contribution in [2.45, 2.75) is 18.9 Å². The zero-order valence-corrected chi connectivity index (χ0v) is 21.5. The van der Waals surface area contributed by atoms with Crippen molar-refractivity contribution in [2.75, 3.05) is 46.7 Å². The number of hydrogen-bond donors (Lipinski definition) is 2. The van der Waals surface area contributed by atoms with Crippen LogP contribution in [0.25, 0.3) is 33.4 Å². The average Bonchev–Trinajstić information content (AvgIpc) is 3.32. The van der Waals surface area contributed by atoms with Crippen LogP contribution < -0.4 is 10.1 Å². The van der Waals surface area contributed by atoms with Crippen molar-refractivity contribution >= 4 is 22.6 Å². The number of nitrogens with zero attached hydrogens (tertiary/aromatic N) is 4. The molecule has 192 valence electrons. The number of hydrogen-bond acceptors (Lipinski definition) is 6. The summed E-state index contributed by atoms with van der Waals surface area (Å²) in [6, 6.07) is 12.8. The van der Waals surface area contributed by atoms with Crippen molar-refractivity contribution in [1.82, 2.24) is 25.0 Å². The molecule has 0 aliphatic carbocycles. The van der Waals surface area contributed by atoms with E-state index in [-0.39, 0.29) is 17.6 Å². The molecule has 8 nitrogen and oxygen atoms in total. The summed E-state index contributed by atoms with van der Waals surface area (Å²) in [4.78, 5) is 21.4. The van der Waals surface area contributed by atoms with Gasteiger partial charge in [-0.3, -0.25) is 9.89 Å². The summed E-state index contributed by atoms with van der Waals surface area (Å²) in [7, 11) is 7.01. The summed E-state index contributed by atoms with van der Waals surface area (Å²) < 4.78 is 21.2. The summed E-state index contributed by atoms with van der Waals surface area (Å²) in [6.45, 7) is 1.81. The topological polar surface area (TPSA) is 86.4 Å². The molecular formula is C28H31FN6O2. The largest absolute Gasteiger partial charge is 0.496 e. The second-order valence-electron chi connectivity index (χ2n) is 9.72. The summed E-state index contributed by atoms with van der Waals surface area (Å²) in [5, 5.41) is 11.5. The second-order valence-corrected chi connectivity index (χ2v) is 9.72. The molecule has 0 bridgehead atoms. The molecule has 1 aliphatic rings. The summed E-state index contributed by atoms with van der Waals surface area (Å²) >= 11 is 0. The van der Waals surface area contributed by atoms with E-state index in [2.05, 4.69) is 32.4 Å². The van der Waals surface area contributed by atoms with E-state index in [1.54, 1.807) is 33.5 Å². The first-order valence-electron chi connectivity index (χ1n) is 12.3. The number of carbonyl (C=O) groups is 1. The van der Waals surface area contributed by atoms with Crippen LogP contribution in [0.2, 0.25) is 0 Å². The fourth-order valence-corrected chi connectivity index (χ4v) is 4.92. The van der Waals surface area contributed by atoms with Crippen molar-refractivity contribution in [3.63, 3.8) is 0 Å². The normalized spacial score (nSPS) is 16.1. The van der Waals surface area contributed by atoms with Gasteiger partial charge in [-0.05, 0) is 62.3 Å². The molecule has 2 aromatic heterocycles. The minimum Gasteiger partial charge on any atom is -0.496 e. The number of likely N-dealkylation sites (N-methyl/N-ethyl adjacent to an activating group) is 1. The number of H-pyrrole nitrogens is 1. The maximum Gasteiger partial charge on any atom is 0.255 e. The Kier molecular flexibility index (Phi) is 6.80. The second kappa shape index (κ2) is 10.2.